The molecule has 4 fully saturated rings. The molecular formula is C13H18NNaO. The standard InChI is InChI=1S/C13H18NO.Na/c1-12-6-9-4-10(7-12)13(15,2-3-14)11(5-9)8-12;/h9-11H,2,4-8H2,1H3;/q-1;+1. The molecular weight excluding hydrogens is 209 g/mol. The molecule has 2 nitrogen and oxygen atoms in total. The molecule has 0 radical (unpaired) electrons. The molecule has 0 heterocycles. The van der Waals surface area contributed by atoms with E-state index in [4.69, 9.17) is 5.26 Å². The van der Waals surface area contributed by atoms with Crippen LogP contribution in [0.2, 0.25) is 0 Å². The van der Waals surface area contributed by atoms with Crippen LogP contribution in [-0.2, 0) is 0 Å². The van der Waals surface area contributed by atoms with E-state index in [0.717, 1.165) is 31.6 Å². The Bertz CT molecular complexity index is 319. The Balaban J connectivity index is 0.000000963. The van der Waals surface area contributed by atoms with E-state index in [0.29, 0.717) is 17.3 Å². The zero-order valence-electron chi connectivity index (χ0n) is 10.3. The SMILES string of the molecule is CC12CC3CC(C1)C([O-])(CC#N)C(C3)C2.[Na+]. The summed E-state index contributed by atoms with van der Waals surface area (Å²) in [5, 5.41) is 21.6. The van der Waals surface area contributed by atoms with Crippen LogP contribution in [0.5, 0.6) is 0 Å². The number of rotatable bonds is 1. The van der Waals surface area contributed by atoms with E-state index in [1.807, 2.05) is 0 Å². The molecule has 3 heteroatoms. The summed E-state index contributed by atoms with van der Waals surface area (Å²) < 4.78 is 0. The van der Waals surface area contributed by atoms with Crippen LogP contribution in [0.1, 0.15) is 45.4 Å². The smallest absolute Gasteiger partial charge is 0.848 e. The van der Waals surface area contributed by atoms with Gasteiger partial charge < -0.3 is 5.11 Å². The second kappa shape index (κ2) is 3.99. The van der Waals surface area contributed by atoms with Gasteiger partial charge in [-0.15, -0.1) is 0 Å². The molecule has 2 unspecified atom stereocenters. The fraction of sp³-hybridized carbons (Fsp3) is 0.923. The number of hydrogen-bond donors (Lipinski definition) is 0. The zero-order chi connectivity index (χ0) is 10.7. The van der Waals surface area contributed by atoms with Gasteiger partial charge >= 0.3 is 29.6 Å². The van der Waals surface area contributed by atoms with Crippen molar-refractivity contribution in [3.8, 4) is 6.07 Å². The molecule has 0 spiro atoms. The molecule has 0 amide bonds. The summed E-state index contributed by atoms with van der Waals surface area (Å²) in [6.45, 7) is 2.35. The Kier molecular flexibility index (Phi) is 3.21. The fourth-order valence-electron chi connectivity index (χ4n) is 4.86. The van der Waals surface area contributed by atoms with Crippen LogP contribution in [0.25, 0.3) is 0 Å². The summed E-state index contributed by atoms with van der Waals surface area (Å²) in [5.41, 5.74) is -0.439. The van der Waals surface area contributed by atoms with Crippen molar-refractivity contribution in [1.82, 2.24) is 0 Å². The molecule has 4 aliphatic rings. The van der Waals surface area contributed by atoms with Crippen LogP contribution < -0.4 is 34.7 Å². The summed E-state index contributed by atoms with van der Waals surface area (Å²) in [5.74, 6) is 1.40. The second-order valence-corrected chi connectivity index (χ2v) is 6.44. The molecule has 0 saturated heterocycles. The summed E-state index contributed by atoms with van der Waals surface area (Å²) >= 11 is 0. The Hall–Kier alpha value is 0.450. The maximum atomic E-state index is 12.8. The van der Waals surface area contributed by atoms with Crippen LogP contribution in [0, 0.1) is 34.5 Å². The summed E-state index contributed by atoms with van der Waals surface area (Å²) in [6, 6.07) is 2.14. The summed E-state index contributed by atoms with van der Waals surface area (Å²) in [6.07, 6.45) is 5.97. The average Bonchev–Trinajstić information content (AvgIpc) is 2.12. The Labute approximate surface area is 120 Å². The number of nitrogens with zero attached hydrogens (tertiary/aromatic N) is 1. The predicted octanol–water partition coefficient (Wildman–Crippen LogP) is -1.15. The van der Waals surface area contributed by atoms with Crippen molar-refractivity contribution in [2.45, 2.75) is 51.0 Å². The molecule has 0 aromatic rings. The van der Waals surface area contributed by atoms with Crippen molar-refractivity contribution < 1.29 is 34.7 Å². The monoisotopic (exact) mass is 227 g/mol. The molecule has 0 aliphatic heterocycles. The minimum atomic E-state index is -0.884. The van der Waals surface area contributed by atoms with Crippen LogP contribution >= 0.6 is 0 Å². The van der Waals surface area contributed by atoms with E-state index in [2.05, 4.69) is 13.0 Å². The van der Waals surface area contributed by atoms with Gasteiger partial charge in [0.1, 0.15) is 0 Å². The van der Waals surface area contributed by atoms with Gasteiger partial charge in [0.15, 0.2) is 0 Å². The van der Waals surface area contributed by atoms with E-state index >= 15 is 0 Å². The third-order valence-corrected chi connectivity index (χ3v) is 5.23. The molecule has 2 atom stereocenters. The van der Waals surface area contributed by atoms with Crippen LogP contribution in [0.15, 0.2) is 0 Å². The van der Waals surface area contributed by atoms with Gasteiger partial charge in [0.05, 0.1) is 6.07 Å². The van der Waals surface area contributed by atoms with Crippen molar-refractivity contribution in [3.63, 3.8) is 0 Å². The van der Waals surface area contributed by atoms with Crippen molar-refractivity contribution in [3.05, 3.63) is 0 Å². The van der Waals surface area contributed by atoms with Gasteiger partial charge in [-0.2, -0.15) is 5.26 Å². The van der Waals surface area contributed by atoms with Crippen molar-refractivity contribution in [1.29, 1.82) is 5.26 Å². The van der Waals surface area contributed by atoms with Crippen LogP contribution in [0.3, 0.4) is 0 Å². The number of hydrogen-bond acceptors (Lipinski definition) is 2. The van der Waals surface area contributed by atoms with Gasteiger partial charge in [0.2, 0.25) is 0 Å². The maximum Gasteiger partial charge on any atom is 1.00 e. The quantitative estimate of drug-likeness (QED) is 0.531. The minimum Gasteiger partial charge on any atom is -0.848 e. The summed E-state index contributed by atoms with van der Waals surface area (Å²) in [4.78, 5) is 0. The Morgan fingerprint density at radius 3 is 2.25 bits per heavy atom. The Morgan fingerprint density at radius 1 is 1.25 bits per heavy atom. The third-order valence-electron chi connectivity index (χ3n) is 5.23. The first-order chi connectivity index (χ1) is 7.06. The maximum absolute atomic E-state index is 12.8. The molecule has 4 bridgehead atoms. The fourth-order valence-corrected chi connectivity index (χ4v) is 4.86. The average molecular weight is 227 g/mol. The van der Waals surface area contributed by atoms with E-state index < -0.39 is 5.60 Å². The van der Waals surface area contributed by atoms with E-state index in [9.17, 15) is 5.11 Å². The van der Waals surface area contributed by atoms with Gasteiger partial charge in [-0.25, -0.2) is 0 Å². The first-order valence-corrected chi connectivity index (χ1v) is 6.13. The van der Waals surface area contributed by atoms with Gasteiger partial charge in [0.25, 0.3) is 0 Å². The van der Waals surface area contributed by atoms with Crippen LogP contribution in [-0.4, -0.2) is 5.60 Å². The molecule has 0 aromatic heterocycles. The number of nitriles is 1. The van der Waals surface area contributed by atoms with E-state index in [1.165, 1.54) is 6.42 Å². The van der Waals surface area contributed by atoms with Crippen LogP contribution in [0.4, 0.5) is 0 Å². The third kappa shape index (κ3) is 1.68. The molecule has 16 heavy (non-hydrogen) atoms. The first kappa shape index (κ1) is 12.9. The van der Waals surface area contributed by atoms with Gasteiger partial charge in [-0.05, 0) is 55.3 Å². The second-order valence-electron chi connectivity index (χ2n) is 6.44. The topological polar surface area (TPSA) is 46.8 Å². The molecule has 4 saturated carbocycles. The molecule has 4 aliphatic carbocycles. The van der Waals surface area contributed by atoms with Gasteiger partial charge in [0, 0.05) is 6.42 Å². The van der Waals surface area contributed by atoms with Gasteiger partial charge in [-0.1, -0.05) is 12.5 Å². The van der Waals surface area contributed by atoms with Crippen molar-refractivity contribution in [2.24, 2.45) is 23.2 Å². The summed E-state index contributed by atoms with van der Waals surface area (Å²) in [7, 11) is 0. The molecule has 0 aromatic carbocycles. The molecule has 4 rings (SSSR count). The van der Waals surface area contributed by atoms with E-state index in [1.54, 1.807) is 0 Å². The minimum absolute atomic E-state index is 0. The van der Waals surface area contributed by atoms with Crippen molar-refractivity contribution in [2.75, 3.05) is 0 Å². The normalized spacial score (nSPS) is 53.2. The van der Waals surface area contributed by atoms with Crippen molar-refractivity contribution >= 4 is 0 Å². The first-order valence-electron chi connectivity index (χ1n) is 6.13. The largest absolute Gasteiger partial charge is 1.00 e. The molecule has 82 valence electrons. The Morgan fingerprint density at radius 2 is 1.81 bits per heavy atom. The molecule has 0 N–H and O–H groups in total. The van der Waals surface area contributed by atoms with E-state index in [-0.39, 0.29) is 36.0 Å². The van der Waals surface area contributed by atoms with Gasteiger partial charge in [-0.3, -0.25) is 0 Å². The predicted molar refractivity (Wildman–Crippen MR) is 54.6 cm³/mol. The zero-order valence-corrected chi connectivity index (χ0v) is 12.3.